The Kier molecular flexibility index (Phi) is 5.09. The van der Waals surface area contributed by atoms with Gasteiger partial charge in [-0.25, -0.2) is 4.39 Å². The lowest BCUT2D eigenvalue weighted by atomic mass is 10.2. The molecule has 0 unspecified atom stereocenters. The summed E-state index contributed by atoms with van der Waals surface area (Å²) in [5, 5.41) is 7.25. The number of halogens is 2. The summed E-state index contributed by atoms with van der Waals surface area (Å²) in [6.45, 7) is 1.84. The van der Waals surface area contributed by atoms with Gasteiger partial charge < -0.3 is 9.84 Å². The molecule has 0 atom stereocenters. The number of carbonyl (C=O) groups excluding carboxylic acids is 1. The summed E-state index contributed by atoms with van der Waals surface area (Å²) in [5.41, 5.74) is 2.14. The molecule has 0 saturated heterocycles. The van der Waals surface area contributed by atoms with Gasteiger partial charge in [-0.1, -0.05) is 22.8 Å². The normalized spacial score (nSPS) is 10.7. The molecule has 1 amide bonds. The number of amides is 1. The number of benzene rings is 2. The second-order valence-corrected chi connectivity index (χ2v) is 5.89. The first-order chi connectivity index (χ1) is 12.0. The van der Waals surface area contributed by atoms with Gasteiger partial charge in [-0.2, -0.15) is 4.98 Å². The minimum absolute atomic E-state index is 0.174. The second-order valence-electron chi connectivity index (χ2n) is 5.48. The van der Waals surface area contributed by atoms with Crippen LogP contribution in [0.1, 0.15) is 17.9 Å². The van der Waals surface area contributed by atoms with Gasteiger partial charge in [0.1, 0.15) is 5.82 Å². The standard InChI is InChI=1S/C18H15ClFN3O2/c1-11-14(19)3-2-4-15(11)21-16(24)9-10-17-22-18(23-25-17)12-5-7-13(20)8-6-12/h2-8H,9-10H2,1H3,(H,21,24). The van der Waals surface area contributed by atoms with E-state index in [0.717, 1.165) is 5.56 Å². The molecule has 7 heteroatoms. The van der Waals surface area contributed by atoms with E-state index in [1.54, 1.807) is 30.3 Å². The highest BCUT2D eigenvalue weighted by Crippen LogP contribution is 2.23. The highest BCUT2D eigenvalue weighted by atomic mass is 35.5. The van der Waals surface area contributed by atoms with E-state index in [2.05, 4.69) is 15.5 Å². The Labute approximate surface area is 148 Å². The van der Waals surface area contributed by atoms with Crippen molar-refractivity contribution in [3.63, 3.8) is 0 Å². The van der Waals surface area contributed by atoms with Crippen molar-refractivity contribution in [1.29, 1.82) is 0 Å². The fraction of sp³-hybridized carbons (Fsp3) is 0.167. The number of anilines is 1. The average molecular weight is 360 g/mol. The highest BCUT2D eigenvalue weighted by Gasteiger charge is 2.12. The Morgan fingerprint density at radius 3 is 2.76 bits per heavy atom. The molecule has 3 rings (SSSR count). The Balaban J connectivity index is 1.59. The Bertz CT molecular complexity index is 894. The first-order valence-electron chi connectivity index (χ1n) is 7.66. The molecule has 0 bridgehead atoms. The topological polar surface area (TPSA) is 68.0 Å². The van der Waals surface area contributed by atoms with Gasteiger partial charge in [0.15, 0.2) is 0 Å². The van der Waals surface area contributed by atoms with E-state index in [0.29, 0.717) is 34.4 Å². The van der Waals surface area contributed by atoms with E-state index in [-0.39, 0.29) is 18.1 Å². The van der Waals surface area contributed by atoms with Crippen LogP contribution in [0.25, 0.3) is 11.4 Å². The quantitative estimate of drug-likeness (QED) is 0.732. The van der Waals surface area contributed by atoms with Gasteiger partial charge in [-0.15, -0.1) is 0 Å². The maximum atomic E-state index is 12.9. The predicted molar refractivity (Wildman–Crippen MR) is 92.8 cm³/mol. The maximum Gasteiger partial charge on any atom is 0.227 e. The van der Waals surface area contributed by atoms with E-state index >= 15 is 0 Å². The lowest BCUT2D eigenvalue weighted by Crippen LogP contribution is -2.13. The van der Waals surface area contributed by atoms with Crippen molar-refractivity contribution in [2.24, 2.45) is 0 Å². The van der Waals surface area contributed by atoms with E-state index in [4.69, 9.17) is 16.1 Å². The van der Waals surface area contributed by atoms with Crippen LogP contribution in [-0.2, 0) is 11.2 Å². The molecule has 128 valence electrons. The third-order valence-electron chi connectivity index (χ3n) is 3.68. The molecule has 0 aliphatic rings. The molecule has 0 aliphatic carbocycles. The molecule has 1 aromatic heterocycles. The molecule has 0 saturated carbocycles. The van der Waals surface area contributed by atoms with Gasteiger partial charge >= 0.3 is 0 Å². The van der Waals surface area contributed by atoms with Crippen LogP contribution < -0.4 is 5.32 Å². The number of nitrogens with zero attached hydrogens (tertiary/aromatic N) is 2. The van der Waals surface area contributed by atoms with Crippen LogP contribution in [0.3, 0.4) is 0 Å². The van der Waals surface area contributed by atoms with Crippen molar-refractivity contribution in [2.45, 2.75) is 19.8 Å². The second kappa shape index (κ2) is 7.44. The number of aryl methyl sites for hydroxylation is 1. The molecular weight excluding hydrogens is 345 g/mol. The number of nitrogens with one attached hydrogen (secondary N) is 1. The van der Waals surface area contributed by atoms with Gasteiger partial charge in [0.2, 0.25) is 17.6 Å². The smallest absolute Gasteiger partial charge is 0.227 e. The van der Waals surface area contributed by atoms with Gasteiger partial charge in [0, 0.05) is 29.1 Å². The molecule has 0 aliphatic heterocycles. The first-order valence-corrected chi connectivity index (χ1v) is 8.04. The van der Waals surface area contributed by atoms with Crippen LogP contribution in [0.4, 0.5) is 10.1 Å². The molecular formula is C18H15ClFN3O2. The van der Waals surface area contributed by atoms with Crippen molar-refractivity contribution in [1.82, 2.24) is 10.1 Å². The molecule has 25 heavy (non-hydrogen) atoms. The summed E-state index contributed by atoms with van der Waals surface area (Å²) >= 11 is 6.03. The fourth-order valence-electron chi connectivity index (χ4n) is 2.25. The highest BCUT2D eigenvalue weighted by molar-refractivity contribution is 6.31. The molecule has 1 heterocycles. The Morgan fingerprint density at radius 2 is 2.00 bits per heavy atom. The first kappa shape index (κ1) is 17.1. The average Bonchev–Trinajstić information content (AvgIpc) is 3.07. The maximum absolute atomic E-state index is 12.9. The monoisotopic (exact) mass is 359 g/mol. The summed E-state index contributed by atoms with van der Waals surface area (Å²) in [6.07, 6.45) is 0.497. The van der Waals surface area contributed by atoms with Crippen LogP contribution in [0.5, 0.6) is 0 Å². The lowest BCUT2D eigenvalue weighted by Gasteiger charge is -2.08. The number of rotatable bonds is 5. The van der Waals surface area contributed by atoms with Crippen LogP contribution in [0.2, 0.25) is 5.02 Å². The molecule has 3 aromatic rings. The molecule has 0 fully saturated rings. The summed E-state index contributed by atoms with van der Waals surface area (Å²) in [5.74, 6) is 0.200. The molecule has 0 radical (unpaired) electrons. The largest absolute Gasteiger partial charge is 0.339 e. The Hall–Kier alpha value is -2.73. The Morgan fingerprint density at radius 1 is 1.24 bits per heavy atom. The van der Waals surface area contributed by atoms with Crippen LogP contribution >= 0.6 is 11.6 Å². The van der Waals surface area contributed by atoms with Gasteiger partial charge in [-0.05, 0) is 48.9 Å². The fourth-order valence-corrected chi connectivity index (χ4v) is 2.42. The minimum Gasteiger partial charge on any atom is -0.339 e. The van der Waals surface area contributed by atoms with E-state index in [1.165, 1.54) is 12.1 Å². The van der Waals surface area contributed by atoms with Gasteiger partial charge in [0.25, 0.3) is 0 Å². The van der Waals surface area contributed by atoms with Crippen molar-refractivity contribution in [3.05, 3.63) is 64.8 Å². The summed E-state index contributed by atoms with van der Waals surface area (Å²) in [6, 6.07) is 11.1. The zero-order valence-corrected chi connectivity index (χ0v) is 14.2. The third-order valence-corrected chi connectivity index (χ3v) is 4.09. The molecule has 5 nitrogen and oxygen atoms in total. The summed E-state index contributed by atoms with van der Waals surface area (Å²) < 4.78 is 18.1. The molecule has 0 spiro atoms. The minimum atomic E-state index is -0.333. The van der Waals surface area contributed by atoms with Crippen LogP contribution in [-0.4, -0.2) is 16.0 Å². The van der Waals surface area contributed by atoms with E-state index in [1.807, 2.05) is 6.92 Å². The lowest BCUT2D eigenvalue weighted by molar-refractivity contribution is -0.116. The number of carbonyl (C=O) groups is 1. The van der Waals surface area contributed by atoms with Crippen molar-refractivity contribution < 1.29 is 13.7 Å². The van der Waals surface area contributed by atoms with Crippen LogP contribution in [0.15, 0.2) is 47.0 Å². The molecule has 2 aromatic carbocycles. The van der Waals surface area contributed by atoms with E-state index < -0.39 is 0 Å². The summed E-state index contributed by atoms with van der Waals surface area (Å²) in [7, 11) is 0. The van der Waals surface area contributed by atoms with Crippen molar-refractivity contribution in [3.8, 4) is 11.4 Å². The van der Waals surface area contributed by atoms with Gasteiger partial charge in [0.05, 0.1) is 0 Å². The number of hydrogen-bond donors (Lipinski definition) is 1. The molecule has 1 N–H and O–H groups in total. The number of aromatic nitrogens is 2. The van der Waals surface area contributed by atoms with E-state index in [9.17, 15) is 9.18 Å². The van der Waals surface area contributed by atoms with Crippen molar-refractivity contribution >= 4 is 23.2 Å². The predicted octanol–water partition coefficient (Wildman–Crippen LogP) is 4.41. The SMILES string of the molecule is Cc1c(Cl)cccc1NC(=O)CCc1nc(-c2ccc(F)cc2)no1. The number of hydrogen-bond acceptors (Lipinski definition) is 4. The third kappa shape index (κ3) is 4.22. The summed E-state index contributed by atoms with van der Waals surface area (Å²) in [4.78, 5) is 16.3. The zero-order valence-electron chi connectivity index (χ0n) is 13.4. The van der Waals surface area contributed by atoms with Gasteiger partial charge in [-0.3, -0.25) is 4.79 Å². The van der Waals surface area contributed by atoms with Crippen LogP contribution in [0, 0.1) is 12.7 Å². The van der Waals surface area contributed by atoms with Crippen molar-refractivity contribution in [2.75, 3.05) is 5.32 Å². The zero-order chi connectivity index (χ0) is 17.8.